The summed E-state index contributed by atoms with van der Waals surface area (Å²) in [5.74, 6) is 4.54. The molecular weight excluding hydrogens is 286 g/mol. The van der Waals surface area contributed by atoms with E-state index in [9.17, 15) is 0 Å². The molecule has 0 saturated heterocycles. The lowest BCUT2D eigenvalue weighted by molar-refractivity contribution is 0.171. The first-order chi connectivity index (χ1) is 10.4. The van der Waals surface area contributed by atoms with Gasteiger partial charge in [0.2, 0.25) is 0 Å². The van der Waals surface area contributed by atoms with Gasteiger partial charge in [-0.05, 0) is 36.9 Å². The average molecular weight is 305 g/mol. The lowest BCUT2D eigenvalue weighted by atomic mass is 10.1. The van der Waals surface area contributed by atoms with E-state index in [4.69, 9.17) is 13.9 Å². The number of hydrogen-bond donors (Lipinski definition) is 1. The van der Waals surface area contributed by atoms with E-state index in [2.05, 4.69) is 17.4 Å². The molecule has 2 heterocycles. The number of nitrogens with one attached hydrogen (secondary N) is 1. The molecule has 3 rings (SSSR count). The summed E-state index contributed by atoms with van der Waals surface area (Å²) in [6, 6.07) is 10.4. The Kier molecular flexibility index (Phi) is 4.72. The molecule has 1 N–H and O–H groups in total. The molecule has 0 bridgehead atoms. The highest BCUT2D eigenvalue weighted by Gasteiger charge is 2.16. The van der Waals surface area contributed by atoms with Gasteiger partial charge in [0.05, 0.1) is 12.0 Å². The predicted octanol–water partition coefficient (Wildman–Crippen LogP) is 3.24. The first kappa shape index (κ1) is 14.4. The first-order valence-corrected chi connectivity index (χ1v) is 8.19. The Bertz CT molecular complexity index is 571. The minimum Gasteiger partial charge on any atom is -0.486 e. The molecule has 2 aromatic rings. The van der Waals surface area contributed by atoms with E-state index in [1.54, 1.807) is 6.26 Å². The average Bonchev–Trinajstić information content (AvgIpc) is 3.04. The summed E-state index contributed by atoms with van der Waals surface area (Å²) in [6.07, 6.45) is 1.71. The molecule has 1 aliphatic heterocycles. The molecule has 1 aliphatic rings. The Morgan fingerprint density at radius 2 is 2.05 bits per heavy atom. The van der Waals surface area contributed by atoms with Gasteiger partial charge in [0.15, 0.2) is 11.5 Å². The Balaban J connectivity index is 1.62. The predicted molar refractivity (Wildman–Crippen MR) is 84.1 cm³/mol. The highest BCUT2D eigenvalue weighted by atomic mass is 32.2. The monoisotopic (exact) mass is 305 g/mol. The maximum absolute atomic E-state index is 5.65. The van der Waals surface area contributed by atoms with E-state index in [1.807, 2.05) is 37.0 Å². The maximum Gasteiger partial charge on any atom is 0.161 e. The Morgan fingerprint density at radius 3 is 2.81 bits per heavy atom. The third kappa shape index (κ3) is 3.54. The third-order valence-electron chi connectivity index (χ3n) is 3.43. The minimum atomic E-state index is 0.279. The molecule has 1 aromatic heterocycles. The van der Waals surface area contributed by atoms with Gasteiger partial charge in [-0.15, -0.1) is 0 Å². The van der Waals surface area contributed by atoms with Crippen LogP contribution in [0.5, 0.6) is 11.5 Å². The van der Waals surface area contributed by atoms with Crippen molar-refractivity contribution in [2.24, 2.45) is 0 Å². The maximum atomic E-state index is 5.65. The van der Waals surface area contributed by atoms with E-state index in [0.29, 0.717) is 13.2 Å². The zero-order chi connectivity index (χ0) is 14.5. The number of benzene rings is 1. The van der Waals surface area contributed by atoms with Gasteiger partial charge < -0.3 is 19.2 Å². The van der Waals surface area contributed by atoms with Crippen LogP contribution in [-0.4, -0.2) is 26.0 Å². The second kappa shape index (κ2) is 6.91. The van der Waals surface area contributed by atoms with Gasteiger partial charge in [-0.2, -0.15) is 11.8 Å². The van der Waals surface area contributed by atoms with Crippen molar-refractivity contribution >= 4 is 11.8 Å². The standard InChI is InChI=1S/C16H19NO3S/c1-17-14(11-21-10-13-3-2-6-18-13)12-4-5-15-16(9-12)20-8-7-19-15/h2-6,9,14,17H,7-8,10-11H2,1H3. The molecule has 0 spiro atoms. The number of furan rings is 1. The number of hydrogen-bond acceptors (Lipinski definition) is 5. The molecule has 1 atom stereocenters. The van der Waals surface area contributed by atoms with Crippen LogP contribution in [0.1, 0.15) is 17.4 Å². The Labute approximate surface area is 128 Å². The highest BCUT2D eigenvalue weighted by Crippen LogP contribution is 2.33. The fourth-order valence-electron chi connectivity index (χ4n) is 2.29. The van der Waals surface area contributed by atoms with Crippen LogP contribution in [0.3, 0.4) is 0 Å². The Hall–Kier alpha value is -1.59. The SMILES string of the molecule is CNC(CSCc1ccco1)c1ccc2c(c1)OCCO2. The van der Waals surface area contributed by atoms with Crippen LogP contribution >= 0.6 is 11.8 Å². The van der Waals surface area contributed by atoms with E-state index in [0.717, 1.165) is 28.8 Å². The van der Waals surface area contributed by atoms with Crippen molar-refractivity contribution in [1.82, 2.24) is 5.32 Å². The van der Waals surface area contributed by atoms with E-state index in [1.165, 1.54) is 5.56 Å². The van der Waals surface area contributed by atoms with Crippen LogP contribution in [-0.2, 0) is 5.75 Å². The van der Waals surface area contributed by atoms with Gasteiger partial charge in [0, 0.05) is 11.8 Å². The molecule has 21 heavy (non-hydrogen) atoms. The molecule has 0 amide bonds. The summed E-state index contributed by atoms with van der Waals surface area (Å²) in [5, 5.41) is 3.36. The summed E-state index contributed by atoms with van der Waals surface area (Å²) < 4.78 is 16.6. The molecule has 0 saturated carbocycles. The number of rotatable bonds is 6. The largest absolute Gasteiger partial charge is 0.486 e. The zero-order valence-corrected chi connectivity index (χ0v) is 12.8. The van der Waals surface area contributed by atoms with Gasteiger partial charge in [-0.25, -0.2) is 0 Å². The normalized spacial score (nSPS) is 14.9. The third-order valence-corrected chi connectivity index (χ3v) is 4.48. The van der Waals surface area contributed by atoms with Crippen LogP contribution in [0, 0.1) is 0 Å². The minimum absolute atomic E-state index is 0.279. The zero-order valence-electron chi connectivity index (χ0n) is 12.0. The van der Waals surface area contributed by atoms with Crippen LogP contribution in [0.25, 0.3) is 0 Å². The van der Waals surface area contributed by atoms with Crippen molar-refractivity contribution < 1.29 is 13.9 Å². The van der Waals surface area contributed by atoms with Crippen molar-refractivity contribution in [2.45, 2.75) is 11.8 Å². The summed E-state index contributed by atoms with van der Waals surface area (Å²) in [7, 11) is 1.98. The second-order valence-corrected chi connectivity index (χ2v) is 5.87. The summed E-state index contributed by atoms with van der Waals surface area (Å²) in [5.41, 5.74) is 1.22. The Morgan fingerprint density at radius 1 is 1.19 bits per heavy atom. The molecule has 1 unspecified atom stereocenters. The summed E-state index contributed by atoms with van der Waals surface area (Å²) >= 11 is 1.85. The number of ether oxygens (including phenoxy) is 2. The van der Waals surface area contributed by atoms with Crippen molar-refractivity contribution in [3.8, 4) is 11.5 Å². The van der Waals surface area contributed by atoms with Crippen molar-refractivity contribution in [3.63, 3.8) is 0 Å². The van der Waals surface area contributed by atoms with Gasteiger partial charge in [0.1, 0.15) is 19.0 Å². The molecule has 4 nitrogen and oxygen atoms in total. The van der Waals surface area contributed by atoms with Gasteiger partial charge in [-0.3, -0.25) is 0 Å². The lowest BCUT2D eigenvalue weighted by Gasteiger charge is -2.22. The molecule has 112 valence electrons. The summed E-state index contributed by atoms with van der Waals surface area (Å²) in [6.45, 7) is 1.24. The van der Waals surface area contributed by atoms with Gasteiger partial charge in [0.25, 0.3) is 0 Å². The molecule has 0 aliphatic carbocycles. The van der Waals surface area contributed by atoms with Crippen molar-refractivity contribution in [2.75, 3.05) is 26.0 Å². The van der Waals surface area contributed by atoms with E-state index in [-0.39, 0.29) is 6.04 Å². The molecule has 0 fully saturated rings. The fourth-order valence-corrected chi connectivity index (χ4v) is 3.37. The van der Waals surface area contributed by atoms with Crippen molar-refractivity contribution in [3.05, 3.63) is 47.9 Å². The van der Waals surface area contributed by atoms with E-state index < -0.39 is 0 Å². The molecule has 0 radical (unpaired) electrons. The topological polar surface area (TPSA) is 43.6 Å². The molecule has 1 aromatic carbocycles. The number of thioether (sulfide) groups is 1. The quantitative estimate of drug-likeness (QED) is 0.887. The first-order valence-electron chi connectivity index (χ1n) is 7.04. The van der Waals surface area contributed by atoms with Crippen LogP contribution in [0.2, 0.25) is 0 Å². The van der Waals surface area contributed by atoms with Crippen LogP contribution < -0.4 is 14.8 Å². The van der Waals surface area contributed by atoms with Gasteiger partial charge in [-0.1, -0.05) is 6.07 Å². The number of fused-ring (bicyclic) bond motifs is 1. The molecular formula is C16H19NO3S. The molecule has 5 heteroatoms. The summed E-state index contributed by atoms with van der Waals surface area (Å²) in [4.78, 5) is 0. The second-order valence-electron chi connectivity index (χ2n) is 4.84. The smallest absolute Gasteiger partial charge is 0.161 e. The van der Waals surface area contributed by atoms with Crippen molar-refractivity contribution in [1.29, 1.82) is 0 Å². The van der Waals surface area contributed by atoms with E-state index >= 15 is 0 Å². The van der Waals surface area contributed by atoms with Crippen LogP contribution in [0.15, 0.2) is 41.0 Å². The van der Waals surface area contributed by atoms with Gasteiger partial charge >= 0.3 is 0 Å². The fraction of sp³-hybridized carbons (Fsp3) is 0.375. The highest BCUT2D eigenvalue weighted by molar-refractivity contribution is 7.98. The lowest BCUT2D eigenvalue weighted by Crippen LogP contribution is -2.20. The van der Waals surface area contributed by atoms with Crippen LogP contribution in [0.4, 0.5) is 0 Å².